The van der Waals surface area contributed by atoms with Gasteiger partial charge in [0.25, 0.3) is 0 Å². The molecule has 1 aromatic carbocycles. The van der Waals surface area contributed by atoms with E-state index in [4.69, 9.17) is 5.73 Å². The largest absolute Gasteiger partial charge is 0.353 e. The lowest BCUT2D eigenvalue weighted by molar-refractivity contribution is -0.130. The van der Waals surface area contributed by atoms with E-state index >= 15 is 0 Å². The Morgan fingerprint density at radius 3 is 2.74 bits per heavy atom. The topological polar surface area (TPSA) is 55.1 Å². The van der Waals surface area contributed by atoms with E-state index in [2.05, 4.69) is 29.6 Å². The number of rotatable bonds is 4. The molecule has 0 saturated carbocycles. The highest BCUT2D eigenvalue weighted by atomic mass is 16.2. The number of hydrogen-bond donors (Lipinski definition) is 2. The highest BCUT2D eigenvalue weighted by molar-refractivity contribution is 5.82. The Morgan fingerprint density at radius 1 is 1.42 bits per heavy atom. The smallest absolute Gasteiger partial charge is 0.227 e. The minimum Gasteiger partial charge on any atom is -0.353 e. The number of benzene rings is 1. The van der Waals surface area contributed by atoms with Crippen molar-refractivity contribution >= 4 is 5.91 Å². The van der Waals surface area contributed by atoms with Crippen LogP contribution < -0.4 is 11.1 Å². The van der Waals surface area contributed by atoms with Crippen LogP contribution in [-0.4, -0.2) is 18.5 Å². The Hall–Kier alpha value is -1.35. The third kappa shape index (κ3) is 2.98. The van der Waals surface area contributed by atoms with Crippen LogP contribution in [0.1, 0.15) is 37.8 Å². The predicted octanol–water partition coefficient (Wildman–Crippen LogP) is 2.04. The van der Waals surface area contributed by atoms with Crippen LogP contribution in [0.3, 0.4) is 0 Å². The van der Waals surface area contributed by atoms with Gasteiger partial charge in [0.05, 0.1) is 5.41 Å². The van der Waals surface area contributed by atoms with Gasteiger partial charge in [-0.25, -0.2) is 0 Å². The number of carbonyl (C=O) groups excluding carboxylic acids is 1. The standard InChI is InChI=1S/C16H24N2O/c1-3-16(2,11-17)15(19)18-14-9-8-12-6-4-5-7-13(12)10-14/h4-7,14H,3,8-11,17H2,1-2H3,(H,18,19). The molecule has 0 fully saturated rings. The lowest BCUT2D eigenvalue weighted by Crippen LogP contribution is -2.48. The first kappa shape index (κ1) is 14.1. The predicted molar refractivity (Wildman–Crippen MR) is 77.9 cm³/mol. The summed E-state index contributed by atoms with van der Waals surface area (Å²) in [5, 5.41) is 3.18. The second-order valence-electron chi connectivity index (χ2n) is 5.80. The van der Waals surface area contributed by atoms with Crippen LogP contribution in [0.15, 0.2) is 24.3 Å². The van der Waals surface area contributed by atoms with Gasteiger partial charge in [0, 0.05) is 12.6 Å². The van der Waals surface area contributed by atoms with Crippen LogP contribution in [0.2, 0.25) is 0 Å². The zero-order chi connectivity index (χ0) is 13.9. The first-order valence-corrected chi connectivity index (χ1v) is 7.17. The van der Waals surface area contributed by atoms with Gasteiger partial charge in [-0.2, -0.15) is 0 Å². The average molecular weight is 260 g/mol. The van der Waals surface area contributed by atoms with Crippen molar-refractivity contribution in [3.05, 3.63) is 35.4 Å². The van der Waals surface area contributed by atoms with E-state index in [1.807, 2.05) is 13.8 Å². The molecule has 3 nitrogen and oxygen atoms in total. The second kappa shape index (κ2) is 5.74. The number of fused-ring (bicyclic) bond motifs is 1. The Bertz CT molecular complexity index is 452. The highest BCUT2D eigenvalue weighted by Gasteiger charge is 2.31. The molecule has 0 saturated heterocycles. The molecule has 0 spiro atoms. The number of carbonyl (C=O) groups is 1. The fraction of sp³-hybridized carbons (Fsp3) is 0.562. The molecular weight excluding hydrogens is 236 g/mol. The molecule has 0 radical (unpaired) electrons. The monoisotopic (exact) mass is 260 g/mol. The normalized spacial score (nSPS) is 21.3. The molecule has 3 N–H and O–H groups in total. The van der Waals surface area contributed by atoms with Crippen molar-refractivity contribution in [2.24, 2.45) is 11.1 Å². The molecule has 19 heavy (non-hydrogen) atoms. The number of amides is 1. The van der Waals surface area contributed by atoms with Crippen molar-refractivity contribution in [3.8, 4) is 0 Å². The minimum absolute atomic E-state index is 0.0990. The van der Waals surface area contributed by atoms with E-state index in [1.54, 1.807) is 0 Å². The molecule has 0 aliphatic heterocycles. The number of aryl methyl sites for hydroxylation is 1. The fourth-order valence-corrected chi connectivity index (χ4v) is 2.58. The molecule has 1 aliphatic rings. The van der Waals surface area contributed by atoms with E-state index in [9.17, 15) is 4.79 Å². The summed E-state index contributed by atoms with van der Waals surface area (Å²) in [6, 6.07) is 8.75. The van der Waals surface area contributed by atoms with Gasteiger partial charge in [0.2, 0.25) is 5.91 Å². The van der Waals surface area contributed by atoms with Crippen molar-refractivity contribution in [2.75, 3.05) is 6.54 Å². The van der Waals surface area contributed by atoms with Gasteiger partial charge in [0.15, 0.2) is 0 Å². The van der Waals surface area contributed by atoms with Crippen LogP contribution >= 0.6 is 0 Å². The molecule has 104 valence electrons. The van der Waals surface area contributed by atoms with Crippen molar-refractivity contribution in [1.82, 2.24) is 5.32 Å². The fourth-order valence-electron chi connectivity index (χ4n) is 2.58. The Balaban J connectivity index is 2.01. The van der Waals surface area contributed by atoms with Crippen LogP contribution in [0, 0.1) is 5.41 Å². The SMILES string of the molecule is CCC(C)(CN)C(=O)NC1CCc2ccccc2C1. The zero-order valence-electron chi connectivity index (χ0n) is 11.9. The van der Waals surface area contributed by atoms with Gasteiger partial charge in [-0.3, -0.25) is 4.79 Å². The van der Waals surface area contributed by atoms with Crippen LogP contribution in [0.4, 0.5) is 0 Å². The summed E-state index contributed by atoms with van der Waals surface area (Å²) < 4.78 is 0. The third-order valence-electron chi connectivity index (χ3n) is 4.46. The Morgan fingerprint density at radius 2 is 2.11 bits per heavy atom. The molecule has 2 rings (SSSR count). The average Bonchev–Trinajstić information content (AvgIpc) is 2.46. The summed E-state index contributed by atoms with van der Waals surface area (Å²) in [6.07, 6.45) is 3.78. The van der Waals surface area contributed by atoms with E-state index < -0.39 is 5.41 Å². The first-order valence-electron chi connectivity index (χ1n) is 7.17. The maximum absolute atomic E-state index is 12.3. The van der Waals surface area contributed by atoms with Crippen molar-refractivity contribution in [3.63, 3.8) is 0 Å². The van der Waals surface area contributed by atoms with E-state index in [1.165, 1.54) is 11.1 Å². The van der Waals surface area contributed by atoms with E-state index in [-0.39, 0.29) is 11.9 Å². The molecule has 0 aromatic heterocycles. The highest BCUT2D eigenvalue weighted by Crippen LogP contribution is 2.24. The maximum Gasteiger partial charge on any atom is 0.227 e. The Kier molecular flexibility index (Phi) is 4.25. The van der Waals surface area contributed by atoms with Crippen molar-refractivity contribution in [1.29, 1.82) is 0 Å². The molecule has 3 heteroatoms. The lowest BCUT2D eigenvalue weighted by atomic mass is 9.84. The second-order valence-corrected chi connectivity index (χ2v) is 5.80. The third-order valence-corrected chi connectivity index (χ3v) is 4.46. The van der Waals surface area contributed by atoms with Crippen molar-refractivity contribution in [2.45, 2.75) is 45.6 Å². The molecular formula is C16H24N2O. The van der Waals surface area contributed by atoms with Gasteiger partial charge >= 0.3 is 0 Å². The molecule has 1 amide bonds. The van der Waals surface area contributed by atoms with Crippen LogP contribution in [0.25, 0.3) is 0 Å². The summed E-state index contributed by atoms with van der Waals surface area (Å²) in [6.45, 7) is 4.36. The molecule has 0 heterocycles. The summed E-state index contributed by atoms with van der Waals surface area (Å²) in [4.78, 5) is 12.3. The Labute approximate surface area is 115 Å². The van der Waals surface area contributed by atoms with Gasteiger partial charge in [0.1, 0.15) is 0 Å². The van der Waals surface area contributed by atoms with E-state index in [0.29, 0.717) is 6.54 Å². The first-order chi connectivity index (χ1) is 9.09. The van der Waals surface area contributed by atoms with Gasteiger partial charge in [-0.05, 0) is 43.7 Å². The van der Waals surface area contributed by atoms with Crippen LogP contribution in [-0.2, 0) is 17.6 Å². The minimum atomic E-state index is -0.434. The maximum atomic E-state index is 12.3. The number of hydrogen-bond acceptors (Lipinski definition) is 2. The number of nitrogens with two attached hydrogens (primary N) is 1. The summed E-state index contributed by atoms with van der Waals surface area (Å²) >= 11 is 0. The lowest BCUT2D eigenvalue weighted by Gasteiger charge is -2.31. The molecule has 2 atom stereocenters. The molecule has 0 bridgehead atoms. The van der Waals surface area contributed by atoms with Gasteiger partial charge in [-0.1, -0.05) is 31.2 Å². The van der Waals surface area contributed by atoms with Gasteiger partial charge in [-0.15, -0.1) is 0 Å². The van der Waals surface area contributed by atoms with E-state index in [0.717, 1.165) is 25.7 Å². The van der Waals surface area contributed by atoms with Crippen molar-refractivity contribution < 1.29 is 4.79 Å². The zero-order valence-corrected chi connectivity index (χ0v) is 11.9. The number of nitrogens with one attached hydrogen (secondary N) is 1. The molecule has 1 aliphatic carbocycles. The summed E-state index contributed by atoms with van der Waals surface area (Å²) in [5.41, 5.74) is 8.09. The summed E-state index contributed by atoms with van der Waals surface area (Å²) in [7, 11) is 0. The summed E-state index contributed by atoms with van der Waals surface area (Å²) in [5.74, 6) is 0.0990. The van der Waals surface area contributed by atoms with Gasteiger partial charge < -0.3 is 11.1 Å². The van der Waals surface area contributed by atoms with Crippen LogP contribution in [0.5, 0.6) is 0 Å². The molecule has 2 unspecified atom stereocenters. The molecule has 1 aromatic rings. The quantitative estimate of drug-likeness (QED) is 0.870.